The minimum atomic E-state index is -0.0679. The van der Waals surface area contributed by atoms with Crippen molar-refractivity contribution in [3.63, 3.8) is 0 Å². The molecule has 9 nitrogen and oxygen atoms in total. The second-order valence-electron chi connectivity index (χ2n) is 37.8. The number of aromatic nitrogens is 3. The van der Waals surface area contributed by atoms with Gasteiger partial charge in [0.15, 0.2) is 0 Å². The summed E-state index contributed by atoms with van der Waals surface area (Å²) >= 11 is 0. The zero-order valence-electron chi connectivity index (χ0n) is 77.9. The summed E-state index contributed by atoms with van der Waals surface area (Å²) in [6, 6.07) is 176. The minimum Gasteiger partial charge on any atom is -0.458 e. The van der Waals surface area contributed by atoms with Crippen LogP contribution >= 0.6 is 0 Å². The SMILES string of the molecule is c1ccc(-c2cc3c4c(c2)Oc2ccc(-n5c6ccccc6c6ccccc65)cc2B4c2ccccc2O3)cc1.c1ccc(-c2ccc3c(c2)B2c4cc(-c5ccccc5)ccc4Oc4c(-c5ccc(-n6c7ccccc7c7ccccc76)cc5)ccc(c42)O3)cc1.c1ccc(-c2cccc3c2Oc2ccc(-c4ccc(-n5c6ccccc6c6ccccc65)cc4)c4c2B3c2cccc(-c3ccccc3)c2O4)cc1. The van der Waals surface area contributed by atoms with Gasteiger partial charge in [0, 0.05) is 88.0 Å². The van der Waals surface area contributed by atoms with E-state index in [1.165, 1.54) is 76.5 Å². The Morgan fingerprint density at radius 1 is 0.139 bits per heavy atom. The molecule has 9 heterocycles. The molecule has 0 unspecified atom stereocenters. The summed E-state index contributed by atoms with van der Waals surface area (Å²) in [5, 5.41) is 7.53. The predicted molar refractivity (Wildman–Crippen MR) is 593 cm³/mol. The fraction of sp³-hybridized carbons (Fsp3) is 0. The molecule has 0 aliphatic carbocycles. The lowest BCUT2D eigenvalue weighted by Crippen LogP contribution is -2.57. The lowest BCUT2D eigenvalue weighted by atomic mass is 9.34. The molecule has 0 atom stereocenters. The topological polar surface area (TPSA) is 70.2 Å². The summed E-state index contributed by atoms with van der Waals surface area (Å²) in [6.45, 7) is -0.125. The van der Waals surface area contributed by atoms with Crippen LogP contribution in [0.4, 0.5) is 0 Å². The number of benzene rings is 22. The number of para-hydroxylation sites is 9. The zero-order valence-corrected chi connectivity index (χ0v) is 77.9. The Bertz CT molecular complexity index is 9300. The first-order valence-electron chi connectivity index (χ1n) is 49.2. The first kappa shape index (κ1) is 82.3. The quantitative estimate of drug-likeness (QED) is 0.127. The van der Waals surface area contributed by atoms with Crippen LogP contribution in [-0.4, -0.2) is 33.8 Å². The Kier molecular flexibility index (Phi) is 19.2. The van der Waals surface area contributed by atoms with Gasteiger partial charge in [0.2, 0.25) is 0 Å². The highest BCUT2D eigenvalue weighted by atomic mass is 16.5. The van der Waals surface area contributed by atoms with Crippen molar-refractivity contribution in [1.29, 1.82) is 0 Å². The van der Waals surface area contributed by atoms with E-state index < -0.39 is 0 Å². The van der Waals surface area contributed by atoms with Crippen LogP contribution < -0.4 is 77.6 Å². The molecule has 0 bridgehead atoms. The Hall–Kier alpha value is -18.8. The molecule has 0 amide bonds. The highest BCUT2D eigenvalue weighted by Crippen LogP contribution is 2.50. The Balaban J connectivity index is 0.000000104. The molecule has 670 valence electrons. The van der Waals surface area contributed by atoms with Crippen LogP contribution in [0.5, 0.6) is 69.0 Å². The van der Waals surface area contributed by atoms with Gasteiger partial charge in [-0.3, -0.25) is 0 Å². The maximum absolute atomic E-state index is 7.16. The molecule has 25 aromatic rings. The molecule has 31 rings (SSSR count). The first-order chi connectivity index (χ1) is 71.4. The van der Waals surface area contributed by atoms with Gasteiger partial charge in [0.05, 0.1) is 33.1 Å². The maximum Gasteiger partial charge on any atom is 0.260 e. The summed E-state index contributed by atoms with van der Waals surface area (Å²) < 4.78 is 48.0. The van der Waals surface area contributed by atoms with E-state index in [0.717, 1.165) is 202 Å². The third-order valence-corrected chi connectivity index (χ3v) is 29.8. The van der Waals surface area contributed by atoms with Crippen LogP contribution in [0.25, 0.3) is 160 Å². The first-order valence-corrected chi connectivity index (χ1v) is 49.2. The molecule has 6 aliphatic rings. The van der Waals surface area contributed by atoms with Gasteiger partial charge in [0.1, 0.15) is 69.0 Å². The molecule has 0 saturated heterocycles. The summed E-state index contributed by atoms with van der Waals surface area (Å²) in [6.07, 6.45) is 0. The average Bonchev–Trinajstić information content (AvgIpc) is 0.897. The van der Waals surface area contributed by atoms with Crippen molar-refractivity contribution < 1.29 is 28.4 Å². The van der Waals surface area contributed by atoms with Crippen LogP contribution in [0, 0.1) is 0 Å². The van der Waals surface area contributed by atoms with Crippen molar-refractivity contribution in [2.24, 2.45) is 0 Å². The fourth-order valence-electron chi connectivity index (χ4n) is 23.4. The van der Waals surface area contributed by atoms with Crippen molar-refractivity contribution in [2.75, 3.05) is 0 Å². The molecule has 6 aliphatic heterocycles. The van der Waals surface area contributed by atoms with E-state index in [2.05, 4.69) is 499 Å². The molecular weight excluding hydrogens is 1760 g/mol. The van der Waals surface area contributed by atoms with Crippen molar-refractivity contribution in [3.05, 3.63) is 497 Å². The van der Waals surface area contributed by atoms with E-state index in [1.807, 2.05) is 12.1 Å². The van der Waals surface area contributed by atoms with Gasteiger partial charge in [-0.15, -0.1) is 0 Å². The molecule has 0 spiro atoms. The van der Waals surface area contributed by atoms with E-state index in [9.17, 15) is 0 Å². The van der Waals surface area contributed by atoms with Crippen LogP contribution in [-0.2, 0) is 0 Å². The number of rotatable bonds is 10. The van der Waals surface area contributed by atoms with Gasteiger partial charge in [-0.1, -0.05) is 364 Å². The number of hydrogen-bond donors (Lipinski definition) is 0. The zero-order chi connectivity index (χ0) is 94.6. The summed E-state index contributed by atoms with van der Waals surface area (Å²) in [5.41, 5.74) is 36.2. The van der Waals surface area contributed by atoms with Crippen LogP contribution in [0.1, 0.15) is 0 Å². The Morgan fingerprint density at radius 3 is 0.861 bits per heavy atom. The standard InChI is InChI=1S/2C48H30BNO2.C36H22BNO2/c1-3-13-31(14-4-1)35-19-11-21-40-46(35)51-44-30-29-37(48-45(44)49(40)41-22-12-20-36(47(41)52-48)32-15-5-2-6-16-32)33-25-27-34(28-26-33)50-42-23-9-7-17-38(42)39-18-8-10-24-43(39)50;1-3-11-31(12-4-1)34-21-26-44-40(29-34)49-41-30-35(32-13-5-2-6-14-32)22-27-45(41)52-48-37(25-28-46(51-44)47(48)49)33-19-23-36(24-20-33)50-42-17-9-7-15-38(42)39-16-8-10-18-43(39)50;1-2-10-23(11-3-1)24-20-34-36-35(21-24)40-33-19-18-25(22-29(33)37(36)28-14-6-9-17-32(28)39-34)38-30-15-7-4-12-26(30)27-13-5-8-16-31(27)38/h2*1-30H;1-22H. The Labute approximate surface area is 832 Å². The van der Waals surface area contributed by atoms with E-state index in [1.54, 1.807) is 0 Å². The van der Waals surface area contributed by atoms with Crippen LogP contribution in [0.3, 0.4) is 0 Å². The predicted octanol–water partition coefficient (Wildman–Crippen LogP) is 28.2. The second-order valence-corrected chi connectivity index (χ2v) is 37.8. The number of hydrogen-bond acceptors (Lipinski definition) is 6. The molecule has 0 radical (unpaired) electrons. The van der Waals surface area contributed by atoms with Crippen molar-refractivity contribution in [3.8, 4) is 164 Å². The number of ether oxygens (including phenoxy) is 6. The lowest BCUT2D eigenvalue weighted by Gasteiger charge is -2.35. The third-order valence-electron chi connectivity index (χ3n) is 29.8. The van der Waals surface area contributed by atoms with E-state index in [-0.39, 0.29) is 20.1 Å². The highest BCUT2D eigenvalue weighted by Gasteiger charge is 2.46. The molecule has 22 aromatic carbocycles. The highest BCUT2D eigenvalue weighted by molar-refractivity contribution is 7.00. The largest absolute Gasteiger partial charge is 0.458 e. The van der Waals surface area contributed by atoms with Crippen molar-refractivity contribution in [2.45, 2.75) is 0 Å². The van der Waals surface area contributed by atoms with Crippen LogP contribution in [0.15, 0.2) is 497 Å². The summed E-state index contributed by atoms with van der Waals surface area (Å²) in [4.78, 5) is 0. The number of fused-ring (bicyclic) bond motifs is 21. The smallest absolute Gasteiger partial charge is 0.260 e. The van der Waals surface area contributed by atoms with E-state index in [4.69, 9.17) is 28.4 Å². The molecular formula is C132H82B3N3O6. The maximum atomic E-state index is 7.16. The lowest BCUT2D eigenvalue weighted by molar-refractivity contribution is 0.464. The van der Waals surface area contributed by atoms with E-state index in [0.29, 0.717) is 0 Å². The van der Waals surface area contributed by atoms with Gasteiger partial charge >= 0.3 is 0 Å². The van der Waals surface area contributed by atoms with Gasteiger partial charge in [-0.2, -0.15) is 0 Å². The van der Waals surface area contributed by atoms with Crippen molar-refractivity contribution in [1.82, 2.24) is 13.7 Å². The molecule has 0 N–H and O–H groups in total. The van der Waals surface area contributed by atoms with Gasteiger partial charge in [-0.25, -0.2) is 0 Å². The second kappa shape index (κ2) is 33.5. The minimum absolute atomic E-state index is 0.0107. The molecule has 3 aromatic heterocycles. The molecule has 12 heteroatoms. The third kappa shape index (κ3) is 13.4. The van der Waals surface area contributed by atoms with Gasteiger partial charge in [-0.05, 0) is 222 Å². The Morgan fingerprint density at radius 2 is 0.417 bits per heavy atom. The summed E-state index contributed by atoms with van der Waals surface area (Å²) in [5.74, 6) is 10.4. The molecule has 0 fully saturated rings. The normalized spacial score (nSPS) is 12.6. The fourth-order valence-corrected chi connectivity index (χ4v) is 23.4. The number of nitrogens with zero attached hydrogens (tertiary/aromatic N) is 3. The molecule has 0 saturated carbocycles. The average molecular weight is 1840 g/mol. The van der Waals surface area contributed by atoms with Gasteiger partial charge < -0.3 is 42.1 Å². The van der Waals surface area contributed by atoms with Gasteiger partial charge in [0.25, 0.3) is 20.1 Å². The summed E-state index contributed by atoms with van der Waals surface area (Å²) in [7, 11) is 0. The molecule has 144 heavy (non-hydrogen) atoms. The van der Waals surface area contributed by atoms with Crippen LogP contribution in [0.2, 0.25) is 0 Å². The van der Waals surface area contributed by atoms with E-state index >= 15 is 0 Å². The van der Waals surface area contributed by atoms with Crippen molar-refractivity contribution >= 4 is 135 Å². The monoisotopic (exact) mass is 1840 g/mol.